The monoisotopic (exact) mass is 321 g/mol. The molecule has 0 N–H and O–H groups in total. The molecule has 1 fully saturated rings. The molecular formula is C16H19NO2S2. The number of nitrogens with zero attached hydrogens (tertiary/aromatic N) is 1. The van der Waals surface area contributed by atoms with Gasteiger partial charge in [-0.25, -0.2) is 8.42 Å². The fourth-order valence-electron chi connectivity index (χ4n) is 2.96. The van der Waals surface area contributed by atoms with Gasteiger partial charge in [0.1, 0.15) is 4.21 Å². The Kier molecular flexibility index (Phi) is 3.67. The van der Waals surface area contributed by atoms with E-state index in [-0.39, 0.29) is 11.5 Å². The van der Waals surface area contributed by atoms with Crippen LogP contribution in [0.3, 0.4) is 0 Å². The Morgan fingerprint density at radius 1 is 1.14 bits per heavy atom. The molecule has 2 heterocycles. The van der Waals surface area contributed by atoms with Gasteiger partial charge in [0.05, 0.1) is 6.04 Å². The molecule has 1 saturated heterocycles. The van der Waals surface area contributed by atoms with Gasteiger partial charge in [-0.1, -0.05) is 50.2 Å². The summed E-state index contributed by atoms with van der Waals surface area (Å²) in [5, 5.41) is 1.81. The lowest BCUT2D eigenvalue weighted by Crippen LogP contribution is -2.31. The number of benzene rings is 1. The lowest BCUT2D eigenvalue weighted by atomic mass is 9.89. The summed E-state index contributed by atoms with van der Waals surface area (Å²) in [6, 6.07) is 13.3. The van der Waals surface area contributed by atoms with Crippen molar-refractivity contribution in [3.63, 3.8) is 0 Å². The molecule has 1 aliphatic rings. The first-order chi connectivity index (χ1) is 9.90. The fourth-order valence-corrected chi connectivity index (χ4v) is 5.88. The highest BCUT2D eigenvalue weighted by molar-refractivity contribution is 7.91. The van der Waals surface area contributed by atoms with E-state index in [1.54, 1.807) is 16.4 Å². The molecule has 0 aliphatic carbocycles. The van der Waals surface area contributed by atoms with E-state index in [4.69, 9.17) is 0 Å². The Labute approximate surface area is 130 Å². The molecular weight excluding hydrogens is 302 g/mol. The van der Waals surface area contributed by atoms with Gasteiger partial charge in [-0.3, -0.25) is 0 Å². The minimum absolute atomic E-state index is 0.00909. The van der Waals surface area contributed by atoms with Crippen molar-refractivity contribution in [2.24, 2.45) is 5.41 Å². The highest BCUT2D eigenvalue weighted by Crippen LogP contribution is 2.45. The van der Waals surface area contributed by atoms with E-state index < -0.39 is 10.0 Å². The van der Waals surface area contributed by atoms with Crippen LogP contribution >= 0.6 is 11.3 Å². The number of sulfonamides is 1. The maximum Gasteiger partial charge on any atom is 0.253 e. The van der Waals surface area contributed by atoms with Crippen molar-refractivity contribution in [1.82, 2.24) is 4.31 Å². The maximum absolute atomic E-state index is 12.9. The Balaban J connectivity index is 2.03. The van der Waals surface area contributed by atoms with Crippen LogP contribution in [0.25, 0.3) is 0 Å². The molecule has 21 heavy (non-hydrogen) atoms. The van der Waals surface area contributed by atoms with E-state index in [1.165, 1.54) is 11.3 Å². The van der Waals surface area contributed by atoms with Gasteiger partial charge in [-0.15, -0.1) is 11.3 Å². The standard InChI is InChI=1S/C16H19NO2S2/c1-16(2)11-14(13-7-4-3-5-8-13)17(12-16)21(18,19)15-9-6-10-20-15/h3-10,14H,11-12H2,1-2H3. The highest BCUT2D eigenvalue weighted by atomic mass is 32.2. The number of rotatable bonds is 3. The van der Waals surface area contributed by atoms with Crippen LogP contribution in [0.2, 0.25) is 0 Å². The molecule has 0 radical (unpaired) electrons. The first-order valence-electron chi connectivity index (χ1n) is 7.00. The summed E-state index contributed by atoms with van der Waals surface area (Å²) >= 11 is 1.28. The van der Waals surface area contributed by atoms with Crippen molar-refractivity contribution in [2.45, 2.75) is 30.5 Å². The van der Waals surface area contributed by atoms with Gasteiger partial charge < -0.3 is 0 Å². The van der Waals surface area contributed by atoms with Crippen molar-refractivity contribution < 1.29 is 8.42 Å². The molecule has 1 aliphatic heterocycles. The molecule has 1 aromatic heterocycles. The SMILES string of the molecule is CC1(C)CC(c2ccccc2)N(S(=O)(=O)c2cccs2)C1. The van der Waals surface area contributed by atoms with Crippen LogP contribution in [0.15, 0.2) is 52.1 Å². The normalized spacial score (nSPS) is 22.5. The molecule has 3 rings (SSSR count). The zero-order valence-corrected chi connectivity index (χ0v) is 13.8. The topological polar surface area (TPSA) is 37.4 Å². The summed E-state index contributed by atoms with van der Waals surface area (Å²) in [6.07, 6.45) is 0.849. The zero-order chi connectivity index (χ0) is 15.1. The Bertz CT molecular complexity index is 706. The molecule has 0 spiro atoms. The molecule has 0 amide bonds. The maximum atomic E-state index is 12.9. The van der Waals surface area contributed by atoms with E-state index in [9.17, 15) is 8.42 Å². The van der Waals surface area contributed by atoms with E-state index in [1.807, 2.05) is 35.7 Å². The summed E-state index contributed by atoms with van der Waals surface area (Å²) < 4.78 is 27.9. The zero-order valence-electron chi connectivity index (χ0n) is 12.2. The van der Waals surface area contributed by atoms with Crippen molar-refractivity contribution in [3.8, 4) is 0 Å². The summed E-state index contributed by atoms with van der Waals surface area (Å²) in [7, 11) is -3.41. The molecule has 3 nitrogen and oxygen atoms in total. The van der Waals surface area contributed by atoms with Gasteiger partial charge in [-0.05, 0) is 28.8 Å². The fraction of sp³-hybridized carbons (Fsp3) is 0.375. The van der Waals surface area contributed by atoms with E-state index in [2.05, 4.69) is 13.8 Å². The Hall–Kier alpha value is -1.17. The quantitative estimate of drug-likeness (QED) is 0.859. The van der Waals surface area contributed by atoms with E-state index in [0.29, 0.717) is 10.8 Å². The largest absolute Gasteiger partial charge is 0.253 e. The van der Waals surface area contributed by atoms with Crippen LogP contribution in [0.4, 0.5) is 0 Å². The molecule has 1 atom stereocenters. The Morgan fingerprint density at radius 3 is 2.48 bits per heavy atom. The molecule has 5 heteroatoms. The molecule has 1 aromatic carbocycles. The molecule has 2 aromatic rings. The lowest BCUT2D eigenvalue weighted by Gasteiger charge is -2.23. The van der Waals surface area contributed by atoms with Crippen molar-refractivity contribution in [2.75, 3.05) is 6.54 Å². The summed E-state index contributed by atoms with van der Waals surface area (Å²) in [5.74, 6) is 0. The van der Waals surface area contributed by atoms with E-state index >= 15 is 0 Å². The summed E-state index contributed by atoms with van der Waals surface area (Å²) in [5.41, 5.74) is 1.06. The third-order valence-electron chi connectivity index (χ3n) is 3.92. The number of hydrogen-bond donors (Lipinski definition) is 0. The van der Waals surface area contributed by atoms with Gasteiger partial charge in [0, 0.05) is 6.54 Å². The second-order valence-corrected chi connectivity index (χ2v) is 9.34. The van der Waals surface area contributed by atoms with Gasteiger partial charge in [-0.2, -0.15) is 4.31 Å². The van der Waals surface area contributed by atoms with Crippen LogP contribution in [0, 0.1) is 5.41 Å². The van der Waals surface area contributed by atoms with E-state index in [0.717, 1.165) is 12.0 Å². The van der Waals surface area contributed by atoms with Crippen molar-refractivity contribution in [3.05, 3.63) is 53.4 Å². The molecule has 1 unspecified atom stereocenters. The number of thiophene rings is 1. The summed E-state index contributed by atoms with van der Waals surface area (Å²) in [6.45, 7) is 4.83. The van der Waals surface area contributed by atoms with Crippen LogP contribution in [0.1, 0.15) is 31.9 Å². The van der Waals surface area contributed by atoms with Crippen LogP contribution in [-0.2, 0) is 10.0 Å². The molecule has 0 bridgehead atoms. The minimum atomic E-state index is -3.41. The highest BCUT2D eigenvalue weighted by Gasteiger charge is 2.44. The average molecular weight is 321 g/mol. The number of hydrogen-bond acceptors (Lipinski definition) is 3. The van der Waals surface area contributed by atoms with Crippen molar-refractivity contribution in [1.29, 1.82) is 0 Å². The minimum Gasteiger partial charge on any atom is -0.206 e. The lowest BCUT2D eigenvalue weighted by molar-refractivity contribution is 0.369. The predicted molar refractivity (Wildman–Crippen MR) is 85.8 cm³/mol. The molecule has 112 valence electrons. The van der Waals surface area contributed by atoms with Gasteiger partial charge in [0.25, 0.3) is 10.0 Å². The third-order valence-corrected chi connectivity index (χ3v) is 7.15. The van der Waals surface area contributed by atoms with Crippen LogP contribution < -0.4 is 0 Å². The Morgan fingerprint density at radius 2 is 1.86 bits per heavy atom. The second kappa shape index (κ2) is 5.23. The van der Waals surface area contributed by atoms with Gasteiger partial charge >= 0.3 is 0 Å². The van der Waals surface area contributed by atoms with Crippen molar-refractivity contribution >= 4 is 21.4 Å². The first kappa shape index (κ1) is 14.8. The summed E-state index contributed by atoms with van der Waals surface area (Å²) in [4.78, 5) is 0. The van der Waals surface area contributed by atoms with Crippen LogP contribution in [-0.4, -0.2) is 19.3 Å². The first-order valence-corrected chi connectivity index (χ1v) is 9.32. The predicted octanol–water partition coefficient (Wildman–Crippen LogP) is 3.91. The van der Waals surface area contributed by atoms with Gasteiger partial charge in [0.15, 0.2) is 0 Å². The molecule has 0 saturated carbocycles. The second-order valence-electron chi connectivity index (χ2n) is 6.28. The average Bonchev–Trinajstić information content (AvgIpc) is 3.07. The van der Waals surface area contributed by atoms with Gasteiger partial charge in [0.2, 0.25) is 0 Å². The third kappa shape index (κ3) is 2.78. The smallest absolute Gasteiger partial charge is 0.206 e. The van der Waals surface area contributed by atoms with Crippen LogP contribution in [0.5, 0.6) is 0 Å².